The van der Waals surface area contributed by atoms with E-state index in [1.54, 1.807) is 0 Å². The van der Waals surface area contributed by atoms with E-state index in [0.717, 1.165) is 42.6 Å². The van der Waals surface area contributed by atoms with Gasteiger partial charge in [-0.05, 0) is 37.5 Å². The molecular weight excluding hydrogens is 260 g/mol. The van der Waals surface area contributed by atoms with Gasteiger partial charge in [-0.1, -0.05) is 37.2 Å². The van der Waals surface area contributed by atoms with Crippen LogP contribution in [0.1, 0.15) is 53.6 Å². The minimum absolute atomic E-state index is 0.144. The van der Waals surface area contributed by atoms with Crippen molar-refractivity contribution in [2.24, 2.45) is 5.73 Å². The van der Waals surface area contributed by atoms with E-state index in [1.165, 1.54) is 19.3 Å². The smallest absolute Gasteiger partial charge is 0.254 e. The minimum Gasteiger partial charge on any atom is -0.339 e. The molecule has 1 amide bonds. The standard InChI is InChI=1S/C18H24N2O/c1-15-9-10-16(8-7-11-19)14-17(15)18(21)20-12-5-3-2-4-6-13-20/h9-10,14H,2-6,11-13,19H2,1H3. The predicted molar refractivity (Wildman–Crippen MR) is 86.1 cm³/mol. The van der Waals surface area contributed by atoms with E-state index >= 15 is 0 Å². The first-order valence-electron chi connectivity index (χ1n) is 7.81. The molecule has 0 radical (unpaired) electrons. The molecule has 1 aromatic carbocycles. The molecule has 0 saturated carbocycles. The fraction of sp³-hybridized carbons (Fsp3) is 0.500. The lowest BCUT2D eigenvalue weighted by molar-refractivity contribution is 0.0741. The van der Waals surface area contributed by atoms with Gasteiger partial charge in [-0.2, -0.15) is 0 Å². The summed E-state index contributed by atoms with van der Waals surface area (Å²) in [6.45, 7) is 4.06. The summed E-state index contributed by atoms with van der Waals surface area (Å²) in [5.74, 6) is 5.99. The third-order valence-electron chi connectivity index (χ3n) is 3.95. The Balaban J connectivity index is 2.20. The molecule has 1 aliphatic heterocycles. The van der Waals surface area contributed by atoms with Crippen molar-refractivity contribution in [3.63, 3.8) is 0 Å². The molecule has 0 spiro atoms. The Morgan fingerprint density at radius 1 is 1.19 bits per heavy atom. The third-order valence-corrected chi connectivity index (χ3v) is 3.95. The van der Waals surface area contributed by atoms with Crippen LogP contribution >= 0.6 is 0 Å². The highest BCUT2D eigenvalue weighted by molar-refractivity contribution is 5.96. The highest BCUT2D eigenvalue weighted by Gasteiger charge is 2.18. The van der Waals surface area contributed by atoms with Crippen LogP contribution in [0.5, 0.6) is 0 Å². The highest BCUT2D eigenvalue weighted by atomic mass is 16.2. The number of aryl methyl sites for hydroxylation is 1. The molecule has 0 bridgehead atoms. The van der Waals surface area contributed by atoms with Crippen LogP contribution in [-0.2, 0) is 0 Å². The number of benzene rings is 1. The van der Waals surface area contributed by atoms with Crippen LogP contribution in [0.15, 0.2) is 18.2 Å². The molecule has 0 aromatic heterocycles. The fourth-order valence-corrected chi connectivity index (χ4v) is 2.70. The van der Waals surface area contributed by atoms with Crippen LogP contribution in [0.25, 0.3) is 0 Å². The maximum atomic E-state index is 12.8. The Morgan fingerprint density at radius 3 is 2.52 bits per heavy atom. The molecule has 0 aliphatic carbocycles. The molecule has 112 valence electrons. The summed E-state index contributed by atoms with van der Waals surface area (Å²) in [4.78, 5) is 14.8. The predicted octanol–water partition coefficient (Wildman–Crippen LogP) is 2.71. The van der Waals surface area contributed by atoms with E-state index in [1.807, 2.05) is 30.0 Å². The molecule has 3 heteroatoms. The van der Waals surface area contributed by atoms with Gasteiger partial charge in [0.2, 0.25) is 0 Å². The Morgan fingerprint density at radius 2 is 1.86 bits per heavy atom. The number of rotatable bonds is 1. The molecule has 1 heterocycles. The maximum Gasteiger partial charge on any atom is 0.254 e. The normalized spacial score (nSPS) is 15.6. The van der Waals surface area contributed by atoms with E-state index in [2.05, 4.69) is 11.8 Å². The van der Waals surface area contributed by atoms with E-state index in [0.29, 0.717) is 6.54 Å². The number of likely N-dealkylation sites (tertiary alicyclic amines) is 1. The van der Waals surface area contributed by atoms with Crippen molar-refractivity contribution in [1.82, 2.24) is 4.90 Å². The Kier molecular flexibility index (Phi) is 5.83. The van der Waals surface area contributed by atoms with Gasteiger partial charge in [-0.3, -0.25) is 4.79 Å². The quantitative estimate of drug-likeness (QED) is 0.806. The summed E-state index contributed by atoms with van der Waals surface area (Å²) in [7, 11) is 0. The van der Waals surface area contributed by atoms with Crippen molar-refractivity contribution in [3.8, 4) is 11.8 Å². The number of carbonyl (C=O) groups excluding carboxylic acids is 1. The first-order chi connectivity index (χ1) is 10.2. The van der Waals surface area contributed by atoms with Crippen molar-refractivity contribution in [3.05, 3.63) is 34.9 Å². The fourth-order valence-electron chi connectivity index (χ4n) is 2.70. The molecule has 1 saturated heterocycles. The zero-order chi connectivity index (χ0) is 15.1. The Hall–Kier alpha value is -1.79. The molecule has 21 heavy (non-hydrogen) atoms. The molecule has 1 aromatic rings. The second kappa shape index (κ2) is 7.85. The highest BCUT2D eigenvalue weighted by Crippen LogP contribution is 2.17. The van der Waals surface area contributed by atoms with Crippen molar-refractivity contribution in [2.75, 3.05) is 19.6 Å². The summed E-state index contributed by atoms with van der Waals surface area (Å²) >= 11 is 0. The number of nitrogens with zero attached hydrogens (tertiary/aromatic N) is 1. The molecule has 2 N–H and O–H groups in total. The monoisotopic (exact) mass is 284 g/mol. The largest absolute Gasteiger partial charge is 0.339 e. The molecule has 0 unspecified atom stereocenters. The van der Waals surface area contributed by atoms with Crippen LogP contribution in [0.4, 0.5) is 0 Å². The Bertz CT molecular complexity index is 546. The van der Waals surface area contributed by atoms with Gasteiger partial charge < -0.3 is 10.6 Å². The second-order valence-electron chi connectivity index (χ2n) is 5.60. The first-order valence-corrected chi connectivity index (χ1v) is 7.81. The van der Waals surface area contributed by atoms with Crippen LogP contribution < -0.4 is 5.73 Å². The van der Waals surface area contributed by atoms with Crippen molar-refractivity contribution < 1.29 is 4.79 Å². The molecule has 1 fully saturated rings. The minimum atomic E-state index is 0.144. The third kappa shape index (κ3) is 4.34. The van der Waals surface area contributed by atoms with E-state index in [9.17, 15) is 4.79 Å². The van der Waals surface area contributed by atoms with Gasteiger partial charge in [0.25, 0.3) is 5.91 Å². The zero-order valence-electron chi connectivity index (χ0n) is 12.8. The summed E-state index contributed by atoms with van der Waals surface area (Å²) in [5, 5.41) is 0. The molecule has 0 atom stereocenters. The molecule has 2 rings (SSSR count). The maximum absolute atomic E-state index is 12.8. The lowest BCUT2D eigenvalue weighted by Crippen LogP contribution is -2.34. The summed E-state index contributed by atoms with van der Waals surface area (Å²) in [6.07, 6.45) is 5.97. The van der Waals surface area contributed by atoms with Crippen LogP contribution in [-0.4, -0.2) is 30.4 Å². The SMILES string of the molecule is Cc1ccc(C#CCN)cc1C(=O)N1CCCCCCC1. The zero-order valence-corrected chi connectivity index (χ0v) is 12.8. The first kappa shape index (κ1) is 15.6. The number of carbonyl (C=O) groups is 1. The van der Waals surface area contributed by atoms with Gasteiger partial charge in [-0.25, -0.2) is 0 Å². The summed E-state index contributed by atoms with van der Waals surface area (Å²) in [6, 6.07) is 5.82. The number of nitrogens with two attached hydrogens (primary N) is 1. The van der Waals surface area contributed by atoms with E-state index in [4.69, 9.17) is 5.73 Å². The summed E-state index contributed by atoms with van der Waals surface area (Å²) < 4.78 is 0. The molecule has 1 aliphatic rings. The van der Waals surface area contributed by atoms with Crippen molar-refractivity contribution in [1.29, 1.82) is 0 Å². The van der Waals surface area contributed by atoms with Crippen LogP contribution in [0.2, 0.25) is 0 Å². The van der Waals surface area contributed by atoms with Gasteiger partial charge in [0, 0.05) is 24.2 Å². The topological polar surface area (TPSA) is 46.3 Å². The van der Waals surface area contributed by atoms with Gasteiger partial charge in [0.1, 0.15) is 0 Å². The number of amides is 1. The van der Waals surface area contributed by atoms with Crippen molar-refractivity contribution >= 4 is 5.91 Å². The average Bonchev–Trinajstić information content (AvgIpc) is 2.45. The number of hydrogen-bond donors (Lipinski definition) is 1. The lowest BCUT2D eigenvalue weighted by Gasteiger charge is -2.25. The van der Waals surface area contributed by atoms with Gasteiger partial charge in [-0.15, -0.1) is 0 Å². The van der Waals surface area contributed by atoms with Gasteiger partial charge in [0.15, 0.2) is 0 Å². The number of hydrogen-bond acceptors (Lipinski definition) is 2. The van der Waals surface area contributed by atoms with Crippen molar-refractivity contribution in [2.45, 2.75) is 39.0 Å². The lowest BCUT2D eigenvalue weighted by atomic mass is 10.0. The Labute approximate surface area is 127 Å². The van der Waals surface area contributed by atoms with Gasteiger partial charge in [0.05, 0.1) is 6.54 Å². The van der Waals surface area contributed by atoms with E-state index in [-0.39, 0.29) is 5.91 Å². The van der Waals surface area contributed by atoms with Gasteiger partial charge >= 0.3 is 0 Å². The van der Waals surface area contributed by atoms with E-state index < -0.39 is 0 Å². The van der Waals surface area contributed by atoms with Crippen LogP contribution in [0.3, 0.4) is 0 Å². The summed E-state index contributed by atoms with van der Waals surface area (Å²) in [5.41, 5.74) is 8.06. The molecular formula is C18H24N2O. The average molecular weight is 284 g/mol. The van der Waals surface area contributed by atoms with Crippen LogP contribution in [0, 0.1) is 18.8 Å². The molecule has 3 nitrogen and oxygen atoms in total. The second-order valence-corrected chi connectivity index (χ2v) is 5.60.